The number of para-hydroxylation sites is 1. The van der Waals surface area contributed by atoms with Gasteiger partial charge in [0.05, 0.1) is 6.61 Å². The molecular formula is C17H25O3PS. The minimum absolute atomic E-state index is 0.651. The number of benzene rings is 2. The Kier molecular flexibility index (Phi) is 14.1. The Hall–Kier alpha value is -1.06. The van der Waals surface area contributed by atoms with Crippen molar-refractivity contribution < 1.29 is 14.2 Å². The van der Waals surface area contributed by atoms with E-state index in [0.717, 1.165) is 17.8 Å². The van der Waals surface area contributed by atoms with Crippen molar-refractivity contribution in [3.8, 4) is 5.75 Å². The molecule has 0 spiro atoms. The van der Waals surface area contributed by atoms with Gasteiger partial charge < -0.3 is 14.2 Å². The zero-order valence-corrected chi connectivity index (χ0v) is 15.3. The van der Waals surface area contributed by atoms with Gasteiger partial charge in [0.2, 0.25) is 0 Å². The van der Waals surface area contributed by atoms with Gasteiger partial charge >= 0.3 is 7.58 Å². The first-order chi connectivity index (χ1) is 10.9. The fraction of sp³-hybridized carbons (Fsp3) is 0.294. The molecule has 0 amide bonds. The molecule has 1 N–H and O–H groups in total. The Morgan fingerprint density at radius 3 is 1.91 bits per heavy atom. The highest BCUT2D eigenvalue weighted by Gasteiger charge is 2.14. The number of aliphatic hydroxyl groups is 1. The zero-order chi connectivity index (χ0) is 16.6. The van der Waals surface area contributed by atoms with Gasteiger partial charge in [0.25, 0.3) is 0 Å². The fourth-order valence-corrected chi connectivity index (χ4v) is 4.14. The van der Waals surface area contributed by atoms with Crippen molar-refractivity contribution in [2.75, 3.05) is 13.7 Å². The summed E-state index contributed by atoms with van der Waals surface area (Å²) in [7, 11) is 0.00334. The fourth-order valence-electron chi connectivity index (χ4n) is 1.31. The van der Waals surface area contributed by atoms with E-state index in [9.17, 15) is 0 Å². The van der Waals surface area contributed by atoms with Gasteiger partial charge in [-0.15, -0.1) is 0 Å². The lowest BCUT2D eigenvalue weighted by Gasteiger charge is -2.16. The van der Waals surface area contributed by atoms with Crippen LogP contribution in [0.5, 0.6) is 5.75 Å². The van der Waals surface area contributed by atoms with Gasteiger partial charge in [0, 0.05) is 12.0 Å². The average molecular weight is 340 g/mol. The second-order valence-electron chi connectivity index (χ2n) is 3.45. The molecule has 0 saturated carbocycles. The topological polar surface area (TPSA) is 38.7 Å². The second-order valence-corrected chi connectivity index (χ2v) is 6.43. The Morgan fingerprint density at radius 1 is 0.909 bits per heavy atom. The Bertz CT molecular complexity index is 412. The molecule has 0 heterocycles. The number of aliphatic hydroxyl groups excluding tert-OH is 1. The van der Waals surface area contributed by atoms with Gasteiger partial charge in [-0.3, -0.25) is 0 Å². The molecule has 2 aromatic carbocycles. The minimum atomic E-state index is -0.997. The van der Waals surface area contributed by atoms with Crippen LogP contribution in [0.2, 0.25) is 0 Å². The maximum atomic E-state index is 7.00. The lowest BCUT2D eigenvalue weighted by atomic mass is 10.3. The summed E-state index contributed by atoms with van der Waals surface area (Å²) in [6, 6.07) is 19.9. The molecule has 0 fully saturated rings. The van der Waals surface area contributed by atoms with Crippen molar-refractivity contribution in [1.82, 2.24) is 0 Å². The lowest BCUT2D eigenvalue weighted by Crippen LogP contribution is -1.89. The highest BCUT2D eigenvalue weighted by Crippen LogP contribution is 2.55. The molecule has 0 aliphatic carbocycles. The summed E-state index contributed by atoms with van der Waals surface area (Å²) >= 11 is 1.63. The number of hydrogen-bond acceptors (Lipinski definition) is 4. The summed E-state index contributed by atoms with van der Waals surface area (Å²) in [6.45, 7) is 6.63. The van der Waals surface area contributed by atoms with Gasteiger partial charge in [-0.2, -0.15) is 0 Å². The Labute approximate surface area is 139 Å². The van der Waals surface area contributed by atoms with E-state index in [1.807, 2.05) is 69.3 Å². The van der Waals surface area contributed by atoms with Crippen LogP contribution < -0.4 is 4.52 Å². The number of rotatable bonds is 6. The minimum Gasteiger partial charge on any atom is -0.439 e. The average Bonchev–Trinajstić information content (AvgIpc) is 2.60. The number of hydrogen-bond donors (Lipinski definition) is 1. The van der Waals surface area contributed by atoms with E-state index in [1.165, 1.54) is 0 Å². The summed E-state index contributed by atoms with van der Waals surface area (Å²) in [5.41, 5.74) is 0. The second kappa shape index (κ2) is 14.9. The lowest BCUT2D eigenvalue weighted by molar-refractivity contribution is 0.346. The summed E-state index contributed by atoms with van der Waals surface area (Å²) in [6.07, 6.45) is 0. The molecule has 0 aromatic heterocycles. The molecule has 1 unspecified atom stereocenters. The molecule has 22 heavy (non-hydrogen) atoms. The van der Waals surface area contributed by atoms with E-state index in [4.69, 9.17) is 14.2 Å². The normalized spacial score (nSPS) is 10.4. The third-order valence-corrected chi connectivity index (χ3v) is 5.16. The Morgan fingerprint density at radius 2 is 1.41 bits per heavy atom. The standard InChI is InChI=1S/C14H15O2PS.C2H6.CH4O/c1-2-15-17(16-13-9-5-3-6-10-13)18-14-11-7-4-8-12-14;2*1-2/h3-12H,2H2,1H3;1-2H3;2H,1H3. The molecule has 0 radical (unpaired) electrons. The molecule has 0 aliphatic rings. The van der Waals surface area contributed by atoms with E-state index in [0.29, 0.717) is 6.61 Å². The van der Waals surface area contributed by atoms with E-state index in [2.05, 4.69) is 12.1 Å². The van der Waals surface area contributed by atoms with Gasteiger partial charge in [-0.25, -0.2) is 0 Å². The van der Waals surface area contributed by atoms with Crippen LogP contribution in [0.1, 0.15) is 20.8 Å². The molecule has 0 aliphatic heterocycles. The first-order valence-electron chi connectivity index (χ1n) is 7.22. The highest BCUT2D eigenvalue weighted by atomic mass is 32.7. The van der Waals surface area contributed by atoms with Crippen molar-refractivity contribution >= 4 is 19.0 Å². The van der Waals surface area contributed by atoms with Crippen molar-refractivity contribution in [2.24, 2.45) is 0 Å². The van der Waals surface area contributed by atoms with E-state index in [-0.39, 0.29) is 0 Å². The largest absolute Gasteiger partial charge is 0.439 e. The monoisotopic (exact) mass is 340 g/mol. The quantitative estimate of drug-likeness (QED) is 0.679. The van der Waals surface area contributed by atoms with Crippen LogP contribution in [0, 0.1) is 0 Å². The van der Waals surface area contributed by atoms with Gasteiger partial charge in [0.15, 0.2) is 0 Å². The van der Waals surface area contributed by atoms with Gasteiger partial charge in [-0.05, 0) is 42.6 Å². The molecule has 2 rings (SSSR count). The van der Waals surface area contributed by atoms with Crippen LogP contribution in [-0.4, -0.2) is 18.8 Å². The third-order valence-electron chi connectivity index (χ3n) is 2.08. The zero-order valence-electron chi connectivity index (χ0n) is 13.6. The molecule has 2 aromatic rings. The molecule has 0 saturated heterocycles. The summed E-state index contributed by atoms with van der Waals surface area (Å²) in [5.74, 6) is 0.848. The van der Waals surface area contributed by atoms with Crippen molar-refractivity contribution in [3.63, 3.8) is 0 Å². The summed E-state index contributed by atoms with van der Waals surface area (Å²) < 4.78 is 11.5. The highest BCUT2D eigenvalue weighted by molar-refractivity contribution is 8.53. The third kappa shape index (κ3) is 9.06. The van der Waals surface area contributed by atoms with E-state index in [1.54, 1.807) is 11.4 Å². The predicted octanol–water partition coefficient (Wildman–Crippen LogP) is 5.76. The van der Waals surface area contributed by atoms with Crippen LogP contribution >= 0.6 is 19.0 Å². The van der Waals surface area contributed by atoms with Gasteiger partial charge in [-0.1, -0.05) is 50.2 Å². The first-order valence-corrected chi connectivity index (χ1v) is 9.82. The summed E-state index contributed by atoms with van der Waals surface area (Å²) in [5, 5.41) is 7.00. The SMILES string of the molecule is CC.CCOP(Oc1ccccc1)Sc1ccccc1.CO. The van der Waals surface area contributed by atoms with Crippen LogP contribution in [0.3, 0.4) is 0 Å². The van der Waals surface area contributed by atoms with Crippen molar-refractivity contribution in [1.29, 1.82) is 0 Å². The van der Waals surface area contributed by atoms with Crippen LogP contribution in [0.25, 0.3) is 0 Å². The maximum absolute atomic E-state index is 7.00. The Balaban J connectivity index is 0.00000102. The first kappa shape index (κ1) is 20.9. The smallest absolute Gasteiger partial charge is 0.303 e. The van der Waals surface area contributed by atoms with Crippen LogP contribution in [0.4, 0.5) is 0 Å². The molecule has 3 nitrogen and oxygen atoms in total. The molecule has 122 valence electrons. The van der Waals surface area contributed by atoms with Crippen molar-refractivity contribution in [3.05, 3.63) is 60.7 Å². The molecule has 0 bridgehead atoms. The van der Waals surface area contributed by atoms with E-state index >= 15 is 0 Å². The van der Waals surface area contributed by atoms with E-state index < -0.39 is 7.58 Å². The predicted molar refractivity (Wildman–Crippen MR) is 97.4 cm³/mol. The summed E-state index contributed by atoms with van der Waals surface area (Å²) in [4.78, 5) is 1.16. The molecule has 5 heteroatoms. The maximum Gasteiger partial charge on any atom is 0.303 e. The molecular weight excluding hydrogens is 315 g/mol. The van der Waals surface area contributed by atoms with Crippen LogP contribution in [-0.2, 0) is 4.52 Å². The van der Waals surface area contributed by atoms with Crippen LogP contribution in [0.15, 0.2) is 65.6 Å². The molecule has 1 atom stereocenters. The van der Waals surface area contributed by atoms with Crippen molar-refractivity contribution in [2.45, 2.75) is 25.7 Å². The van der Waals surface area contributed by atoms with Gasteiger partial charge in [0.1, 0.15) is 5.75 Å².